The van der Waals surface area contributed by atoms with Gasteiger partial charge in [0.25, 0.3) is 5.91 Å². The minimum atomic E-state index is -0.451. The van der Waals surface area contributed by atoms with Crippen molar-refractivity contribution in [3.63, 3.8) is 0 Å². The molecule has 2 bridgehead atoms. The molecular weight excluding hydrogens is 347 g/mol. The second kappa shape index (κ2) is 5.68. The van der Waals surface area contributed by atoms with E-state index < -0.39 is 5.82 Å². The van der Waals surface area contributed by atoms with Crippen LogP contribution >= 0.6 is 22.9 Å². The highest BCUT2D eigenvalue weighted by Crippen LogP contribution is 2.39. The maximum Gasteiger partial charge on any atom is 0.261 e. The van der Waals surface area contributed by atoms with Gasteiger partial charge in [0, 0.05) is 16.3 Å². The van der Waals surface area contributed by atoms with E-state index in [0.29, 0.717) is 10.8 Å². The quantitative estimate of drug-likeness (QED) is 0.859. The molecule has 0 radical (unpaired) electrons. The summed E-state index contributed by atoms with van der Waals surface area (Å²) in [6.45, 7) is 6.65. The van der Waals surface area contributed by atoms with E-state index in [9.17, 15) is 9.18 Å². The van der Waals surface area contributed by atoms with E-state index in [1.54, 1.807) is 12.1 Å². The van der Waals surface area contributed by atoms with Crippen LogP contribution in [-0.4, -0.2) is 35.5 Å². The topological polar surface area (TPSA) is 32.3 Å². The van der Waals surface area contributed by atoms with Gasteiger partial charge < -0.3 is 5.32 Å². The van der Waals surface area contributed by atoms with Gasteiger partial charge in [-0.3, -0.25) is 9.69 Å². The highest BCUT2D eigenvalue weighted by atomic mass is 35.5. The molecule has 1 atom stereocenters. The minimum Gasteiger partial charge on any atom is -0.346 e. The Balaban J connectivity index is 1.60. The number of nitrogens with zero attached hydrogens (tertiary/aromatic N) is 1. The molecule has 2 aromatic rings. The molecular formula is C18H20ClFN2OS. The number of hydrogen-bond donors (Lipinski definition) is 1. The van der Waals surface area contributed by atoms with Crippen LogP contribution in [0.2, 0.25) is 5.02 Å². The number of carbonyl (C=O) groups is 1. The van der Waals surface area contributed by atoms with E-state index in [-0.39, 0.29) is 22.5 Å². The first-order valence-corrected chi connectivity index (χ1v) is 9.50. The van der Waals surface area contributed by atoms with Crippen LogP contribution in [0.1, 0.15) is 36.4 Å². The summed E-state index contributed by atoms with van der Waals surface area (Å²) in [5.74, 6) is 0.0159. The van der Waals surface area contributed by atoms with Gasteiger partial charge in [0.2, 0.25) is 0 Å². The van der Waals surface area contributed by atoms with Crippen molar-refractivity contribution in [3.8, 4) is 0 Å². The smallest absolute Gasteiger partial charge is 0.261 e. The van der Waals surface area contributed by atoms with Crippen molar-refractivity contribution in [2.75, 3.05) is 13.1 Å². The van der Waals surface area contributed by atoms with Crippen molar-refractivity contribution in [2.45, 2.75) is 38.3 Å². The molecule has 6 heteroatoms. The Morgan fingerprint density at radius 3 is 2.71 bits per heavy atom. The molecule has 128 valence electrons. The van der Waals surface area contributed by atoms with E-state index in [0.717, 1.165) is 36.0 Å². The fourth-order valence-electron chi connectivity index (χ4n) is 4.24. The summed E-state index contributed by atoms with van der Waals surface area (Å²) in [5, 5.41) is 4.06. The Kier molecular flexibility index (Phi) is 3.86. The largest absolute Gasteiger partial charge is 0.346 e. The summed E-state index contributed by atoms with van der Waals surface area (Å²) in [6, 6.07) is 4.89. The Bertz CT molecular complexity index is 772. The summed E-state index contributed by atoms with van der Waals surface area (Å²) >= 11 is 7.20. The van der Waals surface area contributed by atoms with E-state index in [4.69, 9.17) is 11.6 Å². The van der Waals surface area contributed by atoms with Gasteiger partial charge in [-0.1, -0.05) is 11.6 Å². The fraction of sp³-hybridized carbons (Fsp3) is 0.500. The van der Waals surface area contributed by atoms with Crippen molar-refractivity contribution in [2.24, 2.45) is 5.92 Å². The first kappa shape index (κ1) is 16.3. The molecule has 4 heterocycles. The zero-order chi connectivity index (χ0) is 17.1. The standard InChI is InChI=1S/C18H20ClFN2OS/c1-18(2)16(10-3-5-22(18)6-4-10)21-17(23)15-8-11-7-13(20)12(19)9-14(11)24-15/h7-10,16H,3-6H2,1-2H3,(H,21,23). The Morgan fingerprint density at radius 2 is 2.04 bits per heavy atom. The van der Waals surface area contributed by atoms with Crippen LogP contribution < -0.4 is 5.32 Å². The van der Waals surface area contributed by atoms with Crippen LogP contribution in [0.15, 0.2) is 18.2 Å². The van der Waals surface area contributed by atoms with Crippen molar-refractivity contribution >= 4 is 38.9 Å². The van der Waals surface area contributed by atoms with Gasteiger partial charge >= 0.3 is 0 Å². The molecule has 3 fully saturated rings. The summed E-state index contributed by atoms with van der Waals surface area (Å²) in [7, 11) is 0. The number of carbonyl (C=O) groups excluding carboxylic acids is 1. The second-order valence-electron chi connectivity index (χ2n) is 7.34. The average Bonchev–Trinajstić information content (AvgIpc) is 2.94. The van der Waals surface area contributed by atoms with E-state index in [1.807, 2.05) is 0 Å². The van der Waals surface area contributed by atoms with Gasteiger partial charge in [-0.15, -0.1) is 11.3 Å². The maximum atomic E-state index is 13.6. The van der Waals surface area contributed by atoms with Gasteiger partial charge in [-0.05, 0) is 69.3 Å². The number of rotatable bonds is 2. The van der Waals surface area contributed by atoms with Crippen LogP contribution in [-0.2, 0) is 0 Å². The van der Waals surface area contributed by atoms with Crippen LogP contribution in [0.25, 0.3) is 10.1 Å². The van der Waals surface area contributed by atoms with Crippen LogP contribution in [0.4, 0.5) is 4.39 Å². The number of amides is 1. The Hall–Kier alpha value is -1.17. The molecule has 0 spiro atoms. The molecule has 1 N–H and O–H groups in total. The molecule has 0 aliphatic carbocycles. The van der Waals surface area contributed by atoms with Crippen molar-refractivity contribution in [1.29, 1.82) is 0 Å². The third kappa shape index (κ3) is 2.54. The van der Waals surface area contributed by atoms with Crippen LogP contribution in [0.3, 0.4) is 0 Å². The number of hydrogen-bond acceptors (Lipinski definition) is 3. The number of piperidine rings is 3. The van der Waals surface area contributed by atoms with Crippen molar-refractivity contribution < 1.29 is 9.18 Å². The molecule has 3 saturated heterocycles. The SMILES string of the molecule is CC1(C)C(NC(=O)c2cc3cc(F)c(Cl)cc3s2)C2CCN1CC2. The lowest BCUT2D eigenvalue weighted by atomic mass is 9.72. The third-order valence-corrected chi connectivity index (χ3v) is 7.04. The molecule has 3 aliphatic rings. The highest BCUT2D eigenvalue weighted by Gasteiger charge is 2.48. The molecule has 1 unspecified atom stereocenters. The molecule has 3 nitrogen and oxygen atoms in total. The van der Waals surface area contributed by atoms with Crippen molar-refractivity contribution in [3.05, 3.63) is 33.9 Å². The lowest BCUT2D eigenvalue weighted by Crippen LogP contribution is -2.69. The second-order valence-corrected chi connectivity index (χ2v) is 8.84. The molecule has 24 heavy (non-hydrogen) atoms. The number of benzene rings is 1. The van der Waals surface area contributed by atoms with E-state index in [2.05, 4.69) is 24.1 Å². The fourth-order valence-corrected chi connectivity index (χ4v) is 5.45. The van der Waals surface area contributed by atoms with E-state index in [1.165, 1.54) is 17.4 Å². The first-order valence-electron chi connectivity index (χ1n) is 8.31. The molecule has 1 aromatic heterocycles. The van der Waals surface area contributed by atoms with Gasteiger partial charge in [0.15, 0.2) is 0 Å². The average molecular weight is 367 g/mol. The zero-order valence-electron chi connectivity index (χ0n) is 13.7. The minimum absolute atomic E-state index is 0.0249. The Morgan fingerprint density at radius 1 is 1.33 bits per heavy atom. The number of nitrogens with one attached hydrogen (secondary N) is 1. The molecule has 1 amide bonds. The molecule has 5 rings (SSSR count). The molecule has 1 aromatic carbocycles. The normalized spacial score (nSPS) is 28.2. The molecule has 3 aliphatic heterocycles. The predicted molar refractivity (Wildman–Crippen MR) is 96.4 cm³/mol. The number of halogens is 2. The van der Waals surface area contributed by atoms with Crippen molar-refractivity contribution in [1.82, 2.24) is 10.2 Å². The Labute approximate surface area is 149 Å². The van der Waals surface area contributed by atoms with E-state index >= 15 is 0 Å². The van der Waals surface area contributed by atoms with Gasteiger partial charge in [-0.2, -0.15) is 0 Å². The lowest BCUT2D eigenvalue weighted by Gasteiger charge is -2.56. The maximum absolute atomic E-state index is 13.6. The monoisotopic (exact) mass is 366 g/mol. The van der Waals surface area contributed by atoms with Gasteiger partial charge in [0.05, 0.1) is 9.90 Å². The van der Waals surface area contributed by atoms with Crippen LogP contribution in [0, 0.1) is 11.7 Å². The third-order valence-electron chi connectivity index (χ3n) is 5.66. The predicted octanol–water partition coefficient (Wildman–Crippen LogP) is 4.30. The zero-order valence-corrected chi connectivity index (χ0v) is 15.3. The van der Waals surface area contributed by atoms with Crippen LogP contribution in [0.5, 0.6) is 0 Å². The van der Waals surface area contributed by atoms with Gasteiger partial charge in [-0.25, -0.2) is 4.39 Å². The summed E-state index contributed by atoms with van der Waals surface area (Å²) in [5.41, 5.74) is -0.0249. The first-order chi connectivity index (χ1) is 11.4. The molecule has 0 saturated carbocycles. The number of fused-ring (bicyclic) bond motifs is 4. The highest BCUT2D eigenvalue weighted by molar-refractivity contribution is 7.20. The summed E-state index contributed by atoms with van der Waals surface area (Å²) in [4.78, 5) is 15.9. The summed E-state index contributed by atoms with van der Waals surface area (Å²) < 4.78 is 14.4. The van der Waals surface area contributed by atoms with Gasteiger partial charge in [0.1, 0.15) is 5.82 Å². The summed E-state index contributed by atoms with van der Waals surface area (Å²) in [6.07, 6.45) is 2.28. The number of thiophene rings is 1. The lowest BCUT2D eigenvalue weighted by molar-refractivity contribution is -0.0377.